The van der Waals surface area contributed by atoms with Gasteiger partial charge < -0.3 is 5.32 Å². The second-order valence-electron chi connectivity index (χ2n) is 6.40. The first-order valence-electron chi connectivity index (χ1n) is 9.70. The number of unbranched alkanes of at least 4 members (excludes halogenated alkanes) is 12. The number of thiol groups is 1. The number of amides is 1. The Morgan fingerprint density at radius 3 is 1.71 bits per heavy atom. The van der Waals surface area contributed by atoms with Gasteiger partial charge in [0.1, 0.15) is 0 Å². The summed E-state index contributed by atoms with van der Waals surface area (Å²) in [5.41, 5.74) is 0. The van der Waals surface area contributed by atoms with Crippen molar-refractivity contribution in [2.45, 2.75) is 96.8 Å². The van der Waals surface area contributed by atoms with E-state index in [1.807, 2.05) is 0 Å². The van der Waals surface area contributed by atoms with Crippen molar-refractivity contribution in [1.82, 2.24) is 5.32 Å². The van der Waals surface area contributed by atoms with Crippen LogP contribution in [0.25, 0.3) is 0 Å². The number of carbonyl (C=O) groups is 1. The molecular weight excluding hydrogens is 326 g/mol. The fourth-order valence-corrected chi connectivity index (χ4v) is 2.94. The molecule has 0 spiro atoms. The van der Waals surface area contributed by atoms with Gasteiger partial charge in [-0.05, 0) is 6.42 Å². The van der Waals surface area contributed by atoms with Crippen molar-refractivity contribution in [3.63, 3.8) is 0 Å². The van der Waals surface area contributed by atoms with Gasteiger partial charge in [-0.1, -0.05) is 84.0 Å². The third-order valence-electron chi connectivity index (χ3n) is 4.13. The third kappa shape index (κ3) is 19.4. The van der Waals surface area contributed by atoms with Crippen LogP contribution >= 0.6 is 0 Å². The van der Waals surface area contributed by atoms with E-state index in [-0.39, 0.29) is 19.1 Å². The fourth-order valence-electron chi connectivity index (χ4n) is 2.70. The van der Waals surface area contributed by atoms with Crippen LogP contribution in [-0.4, -0.2) is 27.5 Å². The van der Waals surface area contributed by atoms with Crippen LogP contribution in [0.5, 0.6) is 0 Å². The van der Waals surface area contributed by atoms with Gasteiger partial charge in [-0.3, -0.25) is 8.98 Å². The molecule has 0 radical (unpaired) electrons. The Kier molecular flexibility index (Phi) is 18.2. The highest BCUT2D eigenvalue weighted by molar-refractivity contribution is 7.67. The average Bonchev–Trinajstić information content (AvgIpc) is 2.55. The van der Waals surface area contributed by atoms with Gasteiger partial charge in [-0.25, -0.2) is 8.42 Å². The predicted molar refractivity (Wildman–Crippen MR) is 99.6 cm³/mol. The smallest absolute Gasteiger partial charge is 0.257 e. The first-order chi connectivity index (χ1) is 11.7. The molecule has 0 atom stereocenters. The second kappa shape index (κ2) is 18.7. The van der Waals surface area contributed by atoms with E-state index in [9.17, 15) is 13.2 Å². The molecule has 0 aliphatic carbocycles. The zero-order valence-corrected chi connectivity index (χ0v) is 16.3. The number of nitrogens with one attached hydrogen (secondary N) is 1. The molecule has 0 aromatic heterocycles. The summed E-state index contributed by atoms with van der Waals surface area (Å²) < 4.78 is 24.7. The molecule has 0 aromatic rings. The lowest BCUT2D eigenvalue weighted by Gasteiger charge is -2.04. The van der Waals surface area contributed by atoms with E-state index < -0.39 is 11.0 Å². The summed E-state index contributed by atoms with van der Waals surface area (Å²) in [4.78, 5) is 11.5. The molecule has 0 fully saturated rings. The molecule has 0 aromatic carbocycles. The van der Waals surface area contributed by atoms with E-state index >= 15 is 0 Å². The Morgan fingerprint density at radius 1 is 0.792 bits per heavy atom. The summed E-state index contributed by atoms with van der Waals surface area (Å²) in [6.07, 6.45) is 17.3. The van der Waals surface area contributed by atoms with Gasteiger partial charge in [0.25, 0.3) is 11.0 Å². The molecule has 0 aliphatic heterocycles. The van der Waals surface area contributed by atoms with Gasteiger partial charge in [0.2, 0.25) is 5.91 Å². The molecule has 0 bridgehead atoms. The summed E-state index contributed by atoms with van der Waals surface area (Å²) in [6.45, 7) is 2.52. The van der Waals surface area contributed by atoms with E-state index in [0.717, 1.165) is 12.8 Å². The first kappa shape index (κ1) is 23.4. The minimum atomic E-state index is -2.81. The first-order valence-corrected chi connectivity index (χ1v) is 10.8. The Hall–Kier alpha value is -0.620. The molecule has 24 heavy (non-hydrogen) atoms. The highest BCUT2D eigenvalue weighted by Crippen LogP contribution is 2.12. The Bertz CT molecular complexity index is 351. The van der Waals surface area contributed by atoms with Crippen molar-refractivity contribution in [3.8, 4) is 0 Å². The zero-order valence-electron chi connectivity index (χ0n) is 15.4. The summed E-state index contributed by atoms with van der Waals surface area (Å²) >= 11 is 0. The zero-order chi connectivity index (χ0) is 17.9. The van der Waals surface area contributed by atoms with Crippen molar-refractivity contribution in [2.24, 2.45) is 0 Å². The number of carbonyl (C=O) groups excluding carboxylic acids is 1. The maximum Gasteiger partial charge on any atom is 0.257 e. The average molecular weight is 364 g/mol. The highest BCUT2D eigenvalue weighted by Gasteiger charge is 2.00. The van der Waals surface area contributed by atoms with Crippen LogP contribution in [0.15, 0.2) is 0 Å². The highest BCUT2D eigenvalue weighted by atomic mass is 32.2. The van der Waals surface area contributed by atoms with Crippen LogP contribution in [0.3, 0.4) is 0 Å². The molecule has 1 N–H and O–H groups in total. The van der Waals surface area contributed by atoms with Gasteiger partial charge >= 0.3 is 0 Å². The predicted octanol–water partition coefficient (Wildman–Crippen LogP) is 4.13. The molecule has 144 valence electrons. The largest absolute Gasteiger partial charge is 0.354 e. The van der Waals surface area contributed by atoms with E-state index in [1.54, 1.807) is 0 Å². The molecule has 5 nitrogen and oxygen atoms in total. The number of rotatable bonds is 18. The van der Waals surface area contributed by atoms with Crippen LogP contribution < -0.4 is 5.32 Å². The number of hydrogen-bond donors (Lipinski definition) is 2. The molecule has 6 heteroatoms. The van der Waals surface area contributed by atoms with Gasteiger partial charge in [-0.15, -0.1) is 0 Å². The lowest BCUT2D eigenvalue weighted by Crippen LogP contribution is -2.26. The van der Waals surface area contributed by atoms with Crippen molar-refractivity contribution < 1.29 is 17.4 Å². The van der Waals surface area contributed by atoms with Crippen LogP contribution in [-0.2, 0) is 20.0 Å². The summed E-state index contributed by atoms with van der Waals surface area (Å²) in [7, 11) is -2.81. The molecular formula is C18H37NO4S. The lowest BCUT2D eigenvalue weighted by molar-refractivity contribution is -0.121. The molecule has 0 rings (SSSR count). The van der Waals surface area contributed by atoms with Gasteiger partial charge in [-0.2, -0.15) is 0 Å². The molecule has 0 saturated heterocycles. The van der Waals surface area contributed by atoms with Crippen LogP contribution in [0.1, 0.15) is 96.8 Å². The maximum absolute atomic E-state index is 11.5. The minimum Gasteiger partial charge on any atom is -0.354 e. The van der Waals surface area contributed by atoms with Crippen LogP contribution in [0.4, 0.5) is 0 Å². The normalized spacial score (nSPS) is 11.1. The molecule has 0 heterocycles. The lowest BCUT2D eigenvalue weighted by atomic mass is 10.0. The summed E-state index contributed by atoms with van der Waals surface area (Å²) in [5, 5.41) is 2.65. The topological polar surface area (TPSA) is 72.5 Å². The Morgan fingerprint density at radius 2 is 1.25 bits per heavy atom. The number of hydrogen-bond acceptors (Lipinski definition) is 4. The van der Waals surface area contributed by atoms with E-state index in [2.05, 4.69) is 16.4 Å². The quantitative estimate of drug-likeness (QED) is 0.284. The van der Waals surface area contributed by atoms with Gasteiger partial charge in [0, 0.05) is 13.0 Å². The second-order valence-corrected chi connectivity index (χ2v) is 7.10. The molecule has 1 amide bonds. The van der Waals surface area contributed by atoms with Gasteiger partial charge in [0.15, 0.2) is 0 Å². The van der Waals surface area contributed by atoms with Crippen LogP contribution in [0, 0.1) is 0 Å². The monoisotopic (exact) mass is 363 g/mol. The molecule has 0 unspecified atom stereocenters. The fraction of sp³-hybridized carbons (Fsp3) is 0.944. The molecule has 0 aliphatic rings. The third-order valence-corrected chi connectivity index (χ3v) is 4.52. The molecule has 0 saturated carbocycles. The van der Waals surface area contributed by atoms with Crippen molar-refractivity contribution in [2.75, 3.05) is 13.2 Å². The minimum absolute atomic E-state index is 0.0169. The van der Waals surface area contributed by atoms with E-state index in [1.165, 1.54) is 70.6 Å². The SMILES string of the molecule is CCCCCCCCCCCCCCCC(=O)NCCO[SH](=O)=O. The van der Waals surface area contributed by atoms with E-state index in [4.69, 9.17) is 0 Å². The van der Waals surface area contributed by atoms with Crippen molar-refractivity contribution in [3.05, 3.63) is 0 Å². The summed E-state index contributed by atoms with van der Waals surface area (Å²) in [5.74, 6) is -0.0252. The Labute approximate surface area is 150 Å². The van der Waals surface area contributed by atoms with Gasteiger partial charge in [0.05, 0.1) is 6.61 Å². The maximum atomic E-state index is 11.5. The van der Waals surface area contributed by atoms with Crippen LogP contribution in [0.2, 0.25) is 0 Å². The summed E-state index contributed by atoms with van der Waals surface area (Å²) in [6, 6.07) is 0. The standard InChI is InChI=1S/C18H37NO4S/c1-2-3-4-5-6-7-8-9-10-11-12-13-14-15-18(20)19-16-17-23-24(21)22/h24H,2-17H2,1H3,(H,19,20). The van der Waals surface area contributed by atoms with Crippen molar-refractivity contribution in [1.29, 1.82) is 0 Å². The van der Waals surface area contributed by atoms with Crippen molar-refractivity contribution >= 4 is 16.9 Å². The van der Waals surface area contributed by atoms with E-state index in [0.29, 0.717) is 6.42 Å². The Balaban J connectivity index is 3.15.